The van der Waals surface area contributed by atoms with Crippen LogP contribution in [0.1, 0.15) is 36.8 Å². The summed E-state index contributed by atoms with van der Waals surface area (Å²) in [5.74, 6) is 1.14. The Kier molecular flexibility index (Phi) is 5.40. The Bertz CT molecular complexity index is 482. The topological polar surface area (TPSA) is 65.3 Å². The van der Waals surface area contributed by atoms with Gasteiger partial charge in [0.2, 0.25) is 0 Å². The van der Waals surface area contributed by atoms with Crippen molar-refractivity contribution in [3.63, 3.8) is 0 Å². The number of hydrogen-bond acceptors (Lipinski definition) is 4. The van der Waals surface area contributed by atoms with Gasteiger partial charge in [-0.15, -0.1) is 0 Å². The summed E-state index contributed by atoms with van der Waals surface area (Å²) in [5, 5.41) is 21.9. The van der Waals surface area contributed by atoms with Crippen molar-refractivity contribution in [3.05, 3.63) is 29.3 Å². The van der Waals surface area contributed by atoms with Gasteiger partial charge in [0.25, 0.3) is 0 Å². The van der Waals surface area contributed by atoms with Crippen molar-refractivity contribution >= 4 is 0 Å². The largest absolute Gasteiger partial charge is 0.496 e. The molecule has 0 aliphatic heterocycles. The van der Waals surface area contributed by atoms with E-state index in [9.17, 15) is 5.11 Å². The summed E-state index contributed by atoms with van der Waals surface area (Å²) in [4.78, 5) is 0. The van der Waals surface area contributed by atoms with Gasteiger partial charge in [-0.2, -0.15) is 5.26 Å². The van der Waals surface area contributed by atoms with E-state index in [-0.39, 0.29) is 6.61 Å². The Morgan fingerprint density at radius 3 is 2.90 bits per heavy atom. The molecule has 108 valence electrons. The molecule has 1 aliphatic carbocycles. The lowest BCUT2D eigenvalue weighted by Gasteiger charge is -2.31. The van der Waals surface area contributed by atoms with Crippen LogP contribution in [0, 0.1) is 17.2 Å². The molecule has 2 unspecified atom stereocenters. The van der Waals surface area contributed by atoms with E-state index in [4.69, 9.17) is 10.00 Å². The average molecular weight is 274 g/mol. The Morgan fingerprint density at radius 1 is 1.40 bits per heavy atom. The van der Waals surface area contributed by atoms with E-state index in [0.29, 0.717) is 24.1 Å². The number of methoxy groups -OCH3 is 1. The molecule has 0 amide bonds. The summed E-state index contributed by atoms with van der Waals surface area (Å²) < 4.78 is 5.34. The van der Waals surface area contributed by atoms with Gasteiger partial charge in [0, 0.05) is 24.8 Å². The number of ether oxygens (including phenoxy) is 1. The second-order valence-electron chi connectivity index (χ2n) is 5.35. The van der Waals surface area contributed by atoms with Crippen LogP contribution in [-0.4, -0.2) is 24.9 Å². The predicted molar refractivity (Wildman–Crippen MR) is 77.4 cm³/mol. The quantitative estimate of drug-likeness (QED) is 0.864. The van der Waals surface area contributed by atoms with E-state index in [1.165, 1.54) is 12.8 Å². The predicted octanol–water partition coefficient (Wildman–Crippen LogP) is 2.21. The van der Waals surface area contributed by atoms with Gasteiger partial charge in [0.15, 0.2) is 0 Å². The van der Waals surface area contributed by atoms with E-state index in [1.54, 1.807) is 13.2 Å². The van der Waals surface area contributed by atoms with Crippen LogP contribution < -0.4 is 10.1 Å². The van der Waals surface area contributed by atoms with Crippen LogP contribution >= 0.6 is 0 Å². The van der Waals surface area contributed by atoms with Crippen LogP contribution in [0.25, 0.3) is 0 Å². The molecule has 0 bridgehead atoms. The Labute approximate surface area is 120 Å². The minimum absolute atomic E-state index is 0.243. The van der Waals surface area contributed by atoms with Crippen LogP contribution in [0.2, 0.25) is 0 Å². The first-order valence-electron chi connectivity index (χ1n) is 7.19. The van der Waals surface area contributed by atoms with E-state index in [0.717, 1.165) is 24.2 Å². The third kappa shape index (κ3) is 3.50. The molecule has 0 aromatic heterocycles. The van der Waals surface area contributed by atoms with E-state index in [1.807, 2.05) is 12.1 Å². The second-order valence-corrected chi connectivity index (χ2v) is 5.35. The lowest BCUT2D eigenvalue weighted by molar-refractivity contribution is 0.152. The molecule has 1 aliphatic rings. The molecule has 0 spiro atoms. The van der Waals surface area contributed by atoms with Gasteiger partial charge in [-0.1, -0.05) is 12.8 Å². The monoisotopic (exact) mass is 274 g/mol. The summed E-state index contributed by atoms with van der Waals surface area (Å²) in [6.45, 7) is 0.910. The summed E-state index contributed by atoms with van der Waals surface area (Å²) in [5.41, 5.74) is 1.64. The molecule has 0 saturated heterocycles. The van der Waals surface area contributed by atoms with Gasteiger partial charge in [-0.05, 0) is 37.0 Å². The molecule has 1 aromatic carbocycles. The van der Waals surface area contributed by atoms with Gasteiger partial charge in [-0.25, -0.2) is 0 Å². The van der Waals surface area contributed by atoms with E-state index >= 15 is 0 Å². The van der Waals surface area contributed by atoms with Crippen LogP contribution in [0.3, 0.4) is 0 Å². The smallest absolute Gasteiger partial charge is 0.123 e. The molecule has 2 atom stereocenters. The molecule has 0 heterocycles. The Balaban J connectivity index is 2.04. The fourth-order valence-electron chi connectivity index (χ4n) is 2.92. The highest BCUT2D eigenvalue weighted by atomic mass is 16.5. The van der Waals surface area contributed by atoms with Crippen molar-refractivity contribution in [2.24, 2.45) is 5.92 Å². The Hall–Kier alpha value is -1.57. The highest BCUT2D eigenvalue weighted by molar-refractivity contribution is 5.42. The zero-order chi connectivity index (χ0) is 14.4. The summed E-state index contributed by atoms with van der Waals surface area (Å²) in [6.07, 6.45) is 4.61. The third-order valence-electron chi connectivity index (χ3n) is 4.11. The van der Waals surface area contributed by atoms with Crippen LogP contribution in [0.5, 0.6) is 5.75 Å². The van der Waals surface area contributed by atoms with Gasteiger partial charge in [0.1, 0.15) is 5.75 Å². The van der Waals surface area contributed by atoms with Crippen LogP contribution in [0.15, 0.2) is 18.2 Å². The first kappa shape index (κ1) is 14.8. The molecule has 2 rings (SSSR count). The highest BCUT2D eigenvalue weighted by Gasteiger charge is 2.24. The zero-order valence-corrected chi connectivity index (χ0v) is 11.9. The molecule has 0 radical (unpaired) electrons. The first-order chi connectivity index (χ1) is 9.78. The van der Waals surface area contributed by atoms with Crippen molar-refractivity contribution in [1.29, 1.82) is 5.26 Å². The lowest BCUT2D eigenvalue weighted by Crippen LogP contribution is -2.39. The maximum atomic E-state index is 9.43. The Morgan fingerprint density at radius 2 is 2.20 bits per heavy atom. The molecule has 4 nitrogen and oxygen atoms in total. The molecular formula is C16H22N2O2. The normalized spacial score (nSPS) is 22.2. The van der Waals surface area contributed by atoms with Crippen molar-refractivity contribution in [3.8, 4) is 11.8 Å². The molecule has 1 aromatic rings. The summed E-state index contributed by atoms with van der Waals surface area (Å²) in [7, 11) is 1.64. The van der Waals surface area contributed by atoms with Crippen molar-refractivity contribution in [2.45, 2.75) is 38.3 Å². The number of hydrogen-bond donors (Lipinski definition) is 2. The molecule has 4 heteroatoms. The zero-order valence-electron chi connectivity index (χ0n) is 11.9. The number of nitrogens with zero attached hydrogens (tertiary/aromatic N) is 1. The molecule has 20 heavy (non-hydrogen) atoms. The highest BCUT2D eigenvalue weighted by Crippen LogP contribution is 2.25. The lowest BCUT2D eigenvalue weighted by atomic mass is 9.85. The second kappa shape index (κ2) is 7.28. The number of nitrogens with one attached hydrogen (secondary N) is 1. The first-order valence-corrected chi connectivity index (χ1v) is 7.19. The van der Waals surface area contributed by atoms with Crippen LogP contribution in [0.4, 0.5) is 0 Å². The standard InChI is InChI=1S/C16H22N2O2/c1-20-16-7-6-12(9-17)8-14(16)10-18-15-5-3-2-4-13(15)11-19/h6-8,13,15,18-19H,2-5,10-11H2,1H3. The molecular weight excluding hydrogens is 252 g/mol. The SMILES string of the molecule is COc1ccc(C#N)cc1CNC1CCCCC1CO. The van der Waals surface area contributed by atoms with E-state index in [2.05, 4.69) is 11.4 Å². The molecule has 1 saturated carbocycles. The summed E-state index contributed by atoms with van der Waals surface area (Å²) >= 11 is 0. The van der Waals surface area contributed by atoms with Gasteiger partial charge in [-0.3, -0.25) is 0 Å². The fourth-order valence-corrected chi connectivity index (χ4v) is 2.92. The van der Waals surface area contributed by atoms with Crippen molar-refractivity contribution < 1.29 is 9.84 Å². The van der Waals surface area contributed by atoms with E-state index < -0.39 is 0 Å². The molecule has 2 N–H and O–H groups in total. The van der Waals surface area contributed by atoms with Crippen LogP contribution in [-0.2, 0) is 6.54 Å². The fraction of sp³-hybridized carbons (Fsp3) is 0.562. The minimum atomic E-state index is 0.243. The minimum Gasteiger partial charge on any atom is -0.496 e. The molecule has 1 fully saturated rings. The number of rotatable bonds is 5. The van der Waals surface area contributed by atoms with Gasteiger partial charge >= 0.3 is 0 Å². The van der Waals surface area contributed by atoms with Crippen molar-refractivity contribution in [2.75, 3.05) is 13.7 Å². The van der Waals surface area contributed by atoms with Gasteiger partial charge in [0.05, 0.1) is 18.7 Å². The average Bonchev–Trinajstić information content (AvgIpc) is 2.52. The maximum Gasteiger partial charge on any atom is 0.123 e. The number of aliphatic hydroxyl groups is 1. The number of benzene rings is 1. The van der Waals surface area contributed by atoms with Gasteiger partial charge < -0.3 is 15.2 Å². The number of nitriles is 1. The summed E-state index contributed by atoms with van der Waals surface area (Å²) in [6, 6.07) is 7.96. The maximum absolute atomic E-state index is 9.43. The third-order valence-corrected chi connectivity index (χ3v) is 4.11. The van der Waals surface area contributed by atoms with Crippen molar-refractivity contribution in [1.82, 2.24) is 5.32 Å². The number of aliphatic hydroxyl groups excluding tert-OH is 1.